The van der Waals surface area contributed by atoms with Crippen LogP contribution >= 0.6 is 12.6 Å². The first kappa shape index (κ1) is 10.5. The molecule has 80 valence electrons. The minimum absolute atomic E-state index is 1.15. The van der Waals surface area contributed by atoms with Gasteiger partial charge in [-0.15, -0.1) is 12.6 Å². The van der Waals surface area contributed by atoms with Crippen LogP contribution in [0, 0.1) is 0 Å². The predicted octanol–water partition coefficient (Wildman–Crippen LogP) is 1.65. The summed E-state index contributed by atoms with van der Waals surface area (Å²) in [5.41, 5.74) is 1.60. The van der Waals surface area contributed by atoms with E-state index in [9.17, 15) is 0 Å². The van der Waals surface area contributed by atoms with Crippen molar-refractivity contribution in [3.63, 3.8) is 0 Å². The molecule has 0 aromatic carbocycles. The van der Waals surface area contributed by atoms with Crippen molar-refractivity contribution in [3.05, 3.63) is 10.5 Å². The van der Waals surface area contributed by atoms with Gasteiger partial charge in [0.05, 0.1) is 0 Å². The zero-order valence-electron chi connectivity index (χ0n) is 8.76. The molecule has 1 aliphatic carbocycles. The molecular weight excluding hydrogens is 192 g/mol. The summed E-state index contributed by atoms with van der Waals surface area (Å²) in [6, 6.07) is 0. The van der Waals surface area contributed by atoms with Gasteiger partial charge in [-0.25, -0.2) is 0 Å². The Morgan fingerprint density at radius 2 is 1.86 bits per heavy atom. The van der Waals surface area contributed by atoms with E-state index in [2.05, 4.69) is 22.8 Å². The van der Waals surface area contributed by atoms with Crippen molar-refractivity contribution in [2.45, 2.75) is 25.7 Å². The van der Waals surface area contributed by atoms with E-state index in [1.165, 1.54) is 50.2 Å². The van der Waals surface area contributed by atoms with Crippen LogP contribution in [0.3, 0.4) is 0 Å². The summed E-state index contributed by atoms with van der Waals surface area (Å²) in [4.78, 5) is 3.92. The summed E-state index contributed by atoms with van der Waals surface area (Å²) in [7, 11) is 0. The number of nitrogens with zero attached hydrogens (tertiary/aromatic N) is 1. The number of allylic oxidation sites excluding steroid dienone is 1. The second-order valence-electron chi connectivity index (χ2n) is 4.28. The minimum Gasteiger partial charge on any atom is -0.314 e. The van der Waals surface area contributed by atoms with Gasteiger partial charge in [0.2, 0.25) is 0 Å². The lowest BCUT2D eigenvalue weighted by atomic mass is 9.98. The molecule has 0 saturated carbocycles. The fourth-order valence-corrected chi connectivity index (χ4v) is 2.60. The number of rotatable bonds is 2. The topological polar surface area (TPSA) is 15.3 Å². The largest absolute Gasteiger partial charge is 0.314 e. The van der Waals surface area contributed by atoms with E-state index in [1.807, 2.05) is 0 Å². The molecular formula is C11H20N2S. The summed E-state index contributed by atoms with van der Waals surface area (Å²) in [5.74, 6) is 0. The maximum absolute atomic E-state index is 4.59. The Labute approximate surface area is 92.2 Å². The van der Waals surface area contributed by atoms with Crippen molar-refractivity contribution in [1.29, 1.82) is 0 Å². The second kappa shape index (κ2) is 5.19. The average Bonchev–Trinajstić information content (AvgIpc) is 2.23. The zero-order valence-corrected chi connectivity index (χ0v) is 9.65. The van der Waals surface area contributed by atoms with Crippen molar-refractivity contribution < 1.29 is 0 Å². The van der Waals surface area contributed by atoms with E-state index >= 15 is 0 Å². The Bertz CT molecular complexity index is 219. The van der Waals surface area contributed by atoms with Crippen LogP contribution in [0.5, 0.6) is 0 Å². The van der Waals surface area contributed by atoms with Crippen LogP contribution in [0.1, 0.15) is 25.7 Å². The molecule has 2 aliphatic rings. The van der Waals surface area contributed by atoms with Crippen LogP contribution < -0.4 is 5.32 Å². The predicted molar refractivity (Wildman–Crippen MR) is 63.8 cm³/mol. The van der Waals surface area contributed by atoms with Crippen LogP contribution in [0.25, 0.3) is 0 Å². The third kappa shape index (κ3) is 2.75. The number of thiol groups is 1. The molecule has 14 heavy (non-hydrogen) atoms. The number of hydrogen-bond acceptors (Lipinski definition) is 3. The summed E-state index contributed by atoms with van der Waals surface area (Å²) in [6.45, 7) is 5.86. The minimum atomic E-state index is 1.15. The molecule has 1 heterocycles. The highest BCUT2D eigenvalue weighted by Crippen LogP contribution is 2.27. The summed E-state index contributed by atoms with van der Waals surface area (Å²) >= 11 is 4.59. The summed E-state index contributed by atoms with van der Waals surface area (Å²) in [5, 5.41) is 3.39. The van der Waals surface area contributed by atoms with E-state index in [-0.39, 0.29) is 0 Å². The molecule has 3 heteroatoms. The van der Waals surface area contributed by atoms with Crippen molar-refractivity contribution in [1.82, 2.24) is 10.2 Å². The molecule has 1 N–H and O–H groups in total. The maximum Gasteiger partial charge on any atom is 0.0204 e. The average molecular weight is 212 g/mol. The third-order valence-corrected chi connectivity index (χ3v) is 3.71. The second-order valence-corrected chi connectivity index (χ2v) is 4.82. The van der Waals surface area contributed by atoms with Crippen LogP contribution in [-0.4, -0.2) is 37.6 Å². The molecule has 2 nitrogen and oxygen atoms in total. The fourth-order valence-electron chi connectivity index (χ4n) is 2.26. The zero-order chi connectivity index (χ0) is 9.80. The summed E-state index contributed by atoms with van der Waals surface area (Å²) < 4.78 is 0. The Morgan fingerprint density at radius 3 is 2.57 bits per heavy atom. The van der Waals surface area contributed by atoms with Crippen LogP contribution in [0.15, 0.2) is 10.5 Å². The van der Waals surface area contributed by atoms with Gasteiger partial charge < -0.3 is 5.32 Å². The van der Waals surface area contributed by atoms with Crippen molar-refractivity contribution in [3.8, 4) is 0 Å². The van der Waals surface area contributed by atoms with Crippen LogP contribution in [0.2, 0.25) is 0 Å². The first-order chi connectivity index (χ1) is 6.86. The number of hydrogen-bond donors (Lipinski definition) is 2. The molecule has 0 radical (unpaired) electrons. The Hall–Kier alpha value is 0.01000. The number of nitrogens with one attached hydrogen (secondary N) is 1. The number of piperazine rings is 1. The normalized spacial score (nSPS) is 25.5. The fraction of sp³-hybridized carbons (Fsp3) is 0.818. The lowest BCUT2D eigenvalue weighted by Crippen LogP contribution is -2.44. The first-order valence-corrected chi connectivity index (χ1v) is 6.14. The van der Waals surface area contributed by atoms with Gasteiger partial charge in [0.15, 0.2) is 0 Å². The monoisotopic (exact) mass is 212 g/mol. The van der Waals surface area contributed by atoms with Gasteiger partial charge in [0, 0.05) is 32.7 Å². The molecule has 0 atom stereocenters. The molecule has 1 aliphatic heterocycles. The van der Waals surface area contributed by atoms with E-state index < -0.39 is 0 Å². The van der Waals surface area contributed by atoms with Crippen molar-refractivity contribution in [2.24, 2.45) is 0 Å². The van der Waals surface area contributed by atoms with Crippen molar-refractivity contribution in [2.75, 3.05) is 32.7 Å². The molecule has 2 rings (SSSR count). The molecule has 0 bridgehead atoms. The highest BCUT2D eigenvalue weighted by molar-refractivity contribution is 7.84. The maximum atomic E-state index is 4.59. The molecule has 1 saturated heterocycles. The van der Waals surface area contributed by atoms with Crippen LogP contribution in [-0.2, 0) is 0 Å². The van der Waals surface area contributed by atoms with Gasteiger partial charge in [-0.05, 0) is 36.2 Å². The van der Waals surface area contributed by atoms with E-state index in [4.69, 9.17) is 0 Å². The molecule has 0 aromatic rings. The molecule has 0 amide bonds. The molecule has 1 fully saturated rings. The summed E-state index contributed by atoms with van der Waals surface area (Å²) in [6.07, 6.45) is 5.20. The van der Waals surface area contributed by atoms with Gasteiger partial charge >= 0.3 is 0 Å². The smallest absolute Gasteiger partial charge is 0.0204 e. The van der Waals surface area contributed by atoms with Gasteiger partial charge in [0.1, 0.15) is 0 Å². The lowest BCUT2D eigenvalue weighted by molar-refractivity contribution is 0.256. The van der Waals surface area contributed by atoms with E-state index in [1.54, 1.807) is 5.57 Å². The third-order valence-electron chi connectivity index (χ3n) is 3.17. The van der Waals surface area contributed by atoms with E-state index in [0.717, 1.165) is 13.1 Å². The van der Waals surface area contributed by atoms with Crippen LogP contribution in [0.4, 0.5) is 0 Å². The van der Waals surface area contributed by atoms with Gasteiger partial charge in [-0.3, -0.25) is 4.90 Å². The van der Waals surface area contributed by atoms with Gasteiger partial charge in [-0.2, -0.15) is 0 Å². The first-order valence-electron chi connectivity index (χ1n) is 5.69. The van der Waals surface area contributed by atoms with E-state index in [0.29, 0.717) is 0 Å². The Morgan fingerprint density at radius 1 is 1.14 bits per heavy atom. The lowest BCUT2D eigenvalue weighted by Gasteiger charge is -2.29. The molecule has 0 unspecified atom stereocenters. The van der Waals surface area contributed by atoms with Gasteiger partial charge in [0.25, 0.3) is 0 Å². The molecule has 0 aromatic heterocycles. The van der Waals surface area contributed by atoms with Gasteiger partial charge in [-0.1, -0.05) is 0 Å². The quantitative estimate of drug-likeness (QED) is 0.677. The standard InChI is InChI=1S/C11H20N2S/c14-11-4-2-1-3-10(11)9-13-7-5-12-6-8-13/h12,14H,1-9H2. The Balaban J connectivity index is 1.88. The molecule has 0 spiro atoms. The van der Waals surface area contributed by atoms with Crippen molar-refractivity contribution >= 4 is 12.6 Å². The highest BCUT2D eigenvalue weighted by Gasteiger charge is 2.15. The highest BCUT2D eigenvalue weighted by atomic mass is 32.1. The SMILES string of the molecule is SC1=C(CN2CCNCC2)CCCC1. The Kier molecular flexibility index (Phi) is 3.90.